The zero-order valence-electron chi connectivity index (χ0n) is 22.5. The average Bonchev–Trinajstić information content (AvgIpc) is 2.91. The number of halogens is 3. The van der Waals surface area contributed by atoms with E-state index in [9.17, 15) is 26.8 Å². The monoisotopic (exact) mass is 591 g/mol. The van der Waals surface area contributed by atoms with Crippen LogP contribution in [0, 0.1) is 11.6 Å². The maximum atomic E-state index is 14.0. The minimum absolute atomic E-state index is 0.0309. The van der Waals surface area contributed by atoms with Crippen LogP contribution in [0.2, 0.25) is 5.02 Å². The van der Waals surface area contributed by atoms with Crippen molar-refractivity contribution in [2.24, 2.45) is 0 Å². The molecular weight excluding hydrogens is 560 g/mol. The van der Waals surface area contributed by atoms with Crippen molar-refractivity contribution in [3.63, 3.8) is 0 Å². The molecule has 0 unspecified atom stereocenters. The Kier molecular flexibility index (Phi) is 10.6. The average molecular weight is 592 g/mol. The van der Waals surface area contributed by atoms with Crippen molar-refractivity contribution in [3.8, 4) is 0 Å². The van der Waals surface area contributed by atoms with E-state index in [4.69, 9.17) is 11.6 Å². The van der Waals surface area contributed by atoms with Crippen molar-refractivity contribution < 1.29 is 26.8 Å². The van der Waals surface area contributed by atoms with Crippen molar-refractivity contribution in [2.45, 2.75) is 45.3 Å². The Balaban J connectivity index is 2.06. The molecule has 0 aliphatic carbocycles. The topological polar surface area (TPSA) is 86.8 Å². The van der Waals surface area contributed by atoms with E-state index in [1.54, 1.807) is 24.3 Å². The minimum atomic E-state index is -4.10. The van der Waals surface area contributed by atoms with Crippen LogP contribution < -0.4 is 9.62 Å². The van der Waals surface area contributed by atoms with E-state index in [0.29, 0.717) is 27.4 Å². The zero-order valence-corrected chi connectivity index (χ0v) is 24.1. The summed E-state index contributed by atoms with van der Waals surface area (Å²) in [5.74, 6) is -3.52. The second kappa shape index (κ2) is 13.7. The maximum Gasteiger partial charge on any atom is 0.244 e. The highest BCUT2D eigenvalue weighted by Gasteiger charge is 2.33. The Labute approximate surface area is 238 Å². The number of carbonyl (C=O) groups is 2. The van der Waals surface area contributed by atoms with Gasteiger partial charge in [-0.1, -0.05) is 61.0 Å². The van der Waals surface area contributed by atoms with Gasteiger partial charge in [0.1, 0.15) is 12.6 Å². The van der Waals surface area contributed by atoms with E-state index in [-0.39, 0.29) is 24.7 Å². The quantitative estimate of drug-likeness (QED) is 0.323. The number of amides is 2. The molecular formula is C29H32ClF2N3O4S. The summed E-state index contributed by atoms with van der Waals surface area (Å²) in [6.07, 6.45) is 1.68. The van der Waals surface area contributed by atoms with Gasteiger partial charge in [0.25, 0.3) is 0 Å². The number of rotatable bonds is 12. The van der Waals surface area contributed by atoms with Crippen molar-refractivity contribution in [2.75, 3.05) is 17.1 Å². The Bertz CT molecular complexity index is 1420. The van der Waals surface area contributed by atoms with Gasteiger partial charge in [-0.25, -0.2) is 17.2 Å². The lowest BCUT2D eigenvalue weighted by molar-refractivity contribution is -0.140. The van der Waals surface area contributed by atoms with E-state index in [2.05, 4.69) is 5.32 Å². The third kappa shape index (κ3) is 8.50. The fourth-order valence-electron chi connectivity index (χ4n) is 4.04. The van der Waals surface area contributed by atoms with Crippen LogP contribution in [0.15, 0.2) is 72.8 Å². The summed E-state index contributed by atoms with van der Waals surface area (Å²) >= 11 is 6.04. The van der Waals surface area contributed by atoms with Gasteiger partial charge in [0.05, 0.1) is 11.9 Å². The number of benzene rings is 3. The van der Waals surface area contributed by atoms with Gasteiger partial charge in [-0.15, -0.1) is 0 Å². The molecule has 3 rings (SSSR count). The summed E-state index contributed by atoms with van der Waals surface area (Å²) < 4.78 is 53.7. The first-order chi connectivity index (χ1) is 18.9. The van der Waals surface area contributed by atoms with Gasteiger partial charge in [-0.2, -0.15) is 0 Å². The molecule has 0 spiro atoms. The molecule has 0 fully saturated rings. The summed E-state index contributed by atoms with van der Waals surface area (Å²) in [4.78, 5) is 28.8. The van der Waals surface area contributed by atoms with Crippen LogP contribution >= 0.6 is 11.6 Å². The molecule has 214 valence electrons. The van der Waals surface area contributed by atoms with Crippen molar-refractivity contribution in [1.29, 1.82) is 0 Å². The summed E-state index contributed by atoms with van der Waals surface area (Å²) in [6, 6.07) is 17.2. The molecule has 0 bridgehead atoms. The van der Waals surface area contributed by atoms with Crippen molar-refractivity contribution in [3.05, 3.63) is 101 Å². The molecule has 0 aliphatic heterocycles. The Morgan fingerprint density at radius 3 is 2.17 bits per heavy atom. The summed E-state index contributed by atoms with van der Waals surface area (Å²) in [7, 11) is -4.10. The lowest BCUT2D eigenvalue weighted by Crippen LogP contribution is -2.54. The molecule has 40 heavy (non-hydrogen) atoms. The normalized spacial score (nSPS) is 12.8. The highest BCUT2D eigenvalue weighted by Crippen LogP contribution is 2.23. The molecule has 0 saturated carbocycles. The van der Waals surface area contributed by atoms with Gasteiger partial charge in [0.15, 0.2) is 11.6 Å². The van der Waals surface area contributed by atoms with E-state index in [1.165, 1.54) is 4.90 Å². The van der Waals surface area contributed by atoms with E-state index >= 15 is 0 Å². The summed E-state index contributed by atoms with van der Waals surface area (Å²) in [6.45, 7) is 2.99. The summed E-state index contributed by atoms with van der Waals surface area (Å²) in [5, 5.41) is 3.42. The second-order valence-corrected chi connectivity index (χ2v) is 11.9. The Hall–Kier alpha value is -3.50. The maximum absolute atomic E-state index is 14.0. The van der Waals surface area contributed by atoms with Crippen LogP contribution in [0.3, 0.4) is 0 Å². The molecule has 11 heteroatoms. The predicted molar refractivity (Wildman–Crippen MR) is 152 cm³/mol. The van der Waals surface area contributed by atoms with Gasteiger partial charge >= 0.3 is 0 Å². The summed E-state index contributed by atoms with van der Waals surface area (Å²) in [5.41, 5.74) is 1.23. The minimum Gasteiger partial charge on any atom is -0.352 e. The van der Waals surface area contributed by atoms with Crippen molar-refractivity contribution in [1.82, 2.24) is 10.2 Å². The third-order valence-electron chi connectivity index (χ3n) is 6.41. The number of hydrogen-bond acceptors (Lipinski definition) is 4. The smallest absolute Gasteiger partial charge is 0.244 e. The fraction of sp³-hybridized carbons (Fsp3) is 0.310. The van der Waals surface area contributed by atoms with Crippen LogP contribution in [0.25, 0.3) is 0 Å². The molecule has 3 aromatic carbocycles. The Morgan fingerprint density at radius 1 is 0.950 bits per heavy atom. The lowest BCUT2D eigenvalue weighted by atomic mass is 10.0. The highest BCUT2D eigenvalue weighted by molar-refractivity contribution is 7.92. The molecule has 0 aromatic heterocycles. The number of sulfonamides is 1. The number of anilines is 1. The molecule has 1 N–H and O–H groups in total. The number of nitrogens with zero attached hydrogens (tertiary/aromatic N) is 2. The highest BCUT2D eigenvalue weighted by atomic mass is 35.5. The van der Waals surface area contributed by atoms with Crippen molar-refractivity contribution >= 4 is 39.1 Å². The Morgan fingerprint density at radius 2 is 1.60 bits per heavy atom. The largest absolute Gasteiger partial charge is 0.352 e. The molecule has 7 nitrogen and oxygen atoms in total. The number of carbonyl (C=O) groups excluding carboxylic acids is 2. The molecule has 2 atom stereocenters. The third-order valence-corrected chi connectivity index (χ3v) is 7.80. The van der Waals surface area contributed by atoms with Crippen LogP contribution in [0.4, 0.5) is 14.5 Å². The second-order valence-electron chi connectivity index (χ2n) is 9.54. The van der Waals surface area contributed by atoms with Gasteiger partial charge < -0.3 is 10.2 Å². The lowest BCUT2D eigenvalue weighted by Gasteiger charge is -2.34. The number of nitrogens with one attached hydrogen (secondary N) is 1. The first kappa shape index (κ1) is 31.0. The van der Waals surface area contributed by atoms with E-state index in [0.717, 1.165) is 24.0 Å². The van der Waals surface area contributed by atoms with Crippen LogP contribution in [-0.2, 0) is 32.6 Å². The van der Waals surface area contributed by atoms with Gasteiger partial charge in [0, 0.05) is 30.1 Å². The number of hydrogen-bond donors (Lipinski definition) is 1. The van der Waals surface area contributed by atoms with Gasteiger partial charge in [-0.05, 0) is 48.7 Å². The molecule has 0 heterocycles. The van der Waals surface area contributed by atoms with Gasteiger partial charge in [-0.3, -0.25) is 13.9 Å². The molecule has 3 aromatic rings. The van der Waals surface area contributed by atoms with Crippen LogP contribution in [0.1, 0.15) is 31.4 Å². The predicted octanol–water partition coefficient (Wildman–Crippen LogP) is 4.94. The fourth-order valence-corrected chi connectivity index (χ4v) is 5.00. The standard InChI is InChI=1S/C29H32ClF2N3O4S/c1-4-20(2)33-29(37)27(16-21-8-6-5-7-9-21)34(18-22-10-12-23(30)13-11-22)28(36)19-35(40(3,38)39)24-14-15-25(31)26(32)17-24/h5-15,17,20,27H,4,16,18-19H2,1-3H3,(H,33,37)/t20-,27-/m0/s1. The SMILES string of the molecule is CC[C@H](C)NC(=O)[C@H](Cc1ccccc1)N(Cc1ccc(Cl)cc1)C(=O)CN(c1ccc(F)c(F)c1)S(C)(=O)=O. The zero-order chi connectivity index (χ0) is 29.4. The van der Waals surface area contributed by atoms with E-state index in [1.807, 2.05) is 44.2 Å². The molecule has 2 amide bonds. The van der Waals surface area contributed by atoms with E-state index < -0.39 is 46.1 Å². The van der Waals surface area contributed by atoms with Crippen LogP contribution in [-0.4, -0.2) is 50.0 Å². The molecule has 0 radical (unpaired) electrons. The van der Waals surface area contributed by atoms with Crippen LogP contribution in [0.5, 0.6) is 0 Å². The first-order valence-electron chi connectivity index (χ1n) is 12.7. The van der Waals surface area contributed by atoms with Gasteiger partial charge in [0.2, 0.25) is 21.8 Å². The first-order valence-corrected chi connectivity index (χ1v) is 14.9. The molecule has 0 aliphatic rings. The molecule has 0 saturated heterocycles.